The van der Waals surface area contributed by atoms with Crippen LogP contribution >= 0.6 is 15.9 Å². The molecule has 0 radical (unpaired) electrons. The van der Waals surface area contributed by atoms with Crippen LogP contribution in [-0.4, -0.2) is 14.7 Å². The minimum Gasteiger partial charge on any atom is -0.224 e. The molecule has 1 aromatic carbocycles. The molecule has 0 aromatic heterocycles. The van der Waals surface area contributed by atoms with E-state index in [4.69, 9.17) is 5.26 Å². The molecule has 0 spiro atoms. The van der Waals surface area contributed by atoms with Crippen LogP contribution in [0.3, 0.4) is 0 Å². The molecule has 15 heavy (non-hydrogen) atoms. The summed E-state index contributed by atoms with van der Waals surface area (Å²) < 4.78 is 36.0. The molecule has 0 unspecified atom stereocenters. The Morgan fingerprint density at radius 1 is 1.53 bits per heavy atom. The number of nitriles is 1. The molecule has 0 amide bonds. The first-order valence-electron chi connectivity index (χ1n) is 3.91. The number of hydrogen-bond donors (Lipinski definition) is 0. The van der Waals surface area contributed by atoms with Crippen molar-refractivity contribution in [3.63, 3.8) is 0 Å². The summed E-state index contributed by atoms with van der Waals surface area (Å²) in [5.74, 6) is -0.836. The van der Waals surface area contributed by atoms with E-state index in [1.54, 1.807) is 0 Å². The predicted octanol–water partition coefficient (Wildman–Crippen LogP) is 2.06. The quantitative estimate of drug-likeness (QED) is 0.838. The van der Waals surface area contributed by atoms with Crippen molar-refractivity contribution in [3.05, 3.63) is 28.0 Å². The van der Waals surface area contributed by atoms with Crippen LogP contribution in [0.4, 0.5) is 4.39 Å². The molecule has 6 heteroatoms. The first kappa shape index (κ1) is 12.1. The Bertz CT molecular complexity index is 511. The van der Waals surface area contributed by atoms with Gasteiger partial charge in [-0.1, -0.05) is 0 Å². The average Bonchev–Trinajstić information content (AvgIpc) is 1.99. The second-order valence-corrected chi connectivity index (χ2v) is 5.80. The van der Waals surface area contributed by atoms with Gasteiger partial charge in [0.15, 0.2) is 9.84 Å². The maximum Gasteiger partial charge on any atom is 0.179 e. The molecule has 0 aliphatic heterocycles. The zero-order valence-corrected chi connectivity index (χ0v) is 10.2. The number of benzene rings is 1. The van der Waals surface area contributed by atoms with E-state index in [2.05, 4.69) is 15.9 Å². The molecule has 3 nitrogen and oxygen atoms in total. The molecule has 0 fully saturated rings. The molecule has 0 atom stereocenters. The third kappa shape index (κ3) is 2.76. The van der Waals surface area contributed by atoms with E-state index < -0.39 is 15.7 Å². The third-order valence-corrected chi connectivity index (χ3v) is 3.76. The highest BCUT2D eigenvalue weighted by Gasteiger charge is 2.18. The zero-order valence-electron chi connectivity index (χ0n) is 7.79. The molecular formula is C9H7BrFNO2S. The van der Waals surface area contributed by atoms with Gasteiger partial charge in [0.05, 0.1) is 12.5 Å². The molecular weight excluding hydrogens is 285 g/mol. The number of hydrogen-bond acceptors (Lipinski definition) is 3. The van der Waals surface area contributed by atoms with Crippen LogP contribution in [0.2, 0.25) is 0 Å². The summed E-state index contributed by atoms with van der Waals surface area (Å²) in [5, 5.41) is 8.42. The second kappa shape index (κ2) is 4.29. The largest absolute Gasteiger partial charge is 0.224 e. The Morgan fingerprint density at radius 2 is 2.13 bits per heavy atom. The van der Waals surface area contributed by atoms with E-state index in [0.717, 1.165) is 12.3 Å². The lowest BCUT2D eigenvalue weighted by molar-refractivity contribution is 0.568. The van der Waals surface area contributed by atoms with Crippen LogP contribution in [0.15, 0.2) is 21.5 Å². The van der Waals surface area contributed by atoms with Gasteiger partial charge in [-0.25, -0.2) is 12.8 Å². The van der Waals surface area contributed by atoms with Gasteiger partial charge in [0.2, 0.25) is 0 Å². The fourth-order valence-electron chi connectivity index (χ4n) is 1.16. The molecule has 0 saturated carbocycles. The van der Waals surface area contributed by atoms with E-state index in [1.165, 1.54) is 6.07 Å². The molecule has 80 valence electrons. The van der Waals surface area contributed by atoms with Gasteiger partial charge in [-0.3, -0.25) is 0 Å². The van der Waals surface area contributed by atoms with Gasteiger partial charge in [0.1, 0.15) is 10.7 Å². The van der Waals surface area contributed by atoms with E-state index in [0.29, 0.717) is 5.56 Å². The van der Waals surface area contributed by atoms with Gasteiger partial charge in [0.25, 0.3) is 0 Å². The predicted molar refractivity (Wildman–Crippen MR) is 56.5 cm³/mol. The molecule has 1 rings (SSSR count). The van der Waals surface area contributed by atoms with Crippen molar-refractivity contribution in [2.24, 2.45) is 0 Å². The molecule has 0 aliphatic rings. The standard InChI is InChI=1S/C9H7BrFNO2S/c1-15(13,14)9-7(10)4-6(2-3-12)5-8(9)11/h4-5H,2H2,1H3. The van der Waals surface area contributed by atoms with Crippen molar-refractivity contribution in [2.75, 3.05) is 6.26 Å². The first-order valence-corrected chi connectivity index (χ1v) is 6.59. The Labute approximate surface area is 95.6 Å². The fourth-order valence-corrected chi connectivity index (χ4v) is 3.35. The van der Waals surface area contributed by atoms with Crippen LogP contribution in [0.1, 0.15) is 5.56 Å². The van der Waals surface area contributed by atoms with Gasteiger partial charge in [-0.05, 0) is 33.6 Å². The number of halogens is 2. The van der Waals surface area contributed by atoms with Crippen LogP contribution in [0.5, 0.6) is 0 Å². The Morgan fingerprint density at radius 3 is 2.53 bits per heavy atom. The Hall–Kier alpha value is -0.930. The number of rotatable bonds is 2. The lowest BCUT2D eigenvalue weighted by Gasteiger charge is -2.05. The minimum absolute atomic E-state index is 0.0412. The summed E-state index contributed by atoms with van der Waals surface area (Å²) in [4.78, 5) is -0.371. The molecule has 0 heterocycles. The van der Waals surface area contributed by atoms with E-state index in [1.807, 2.05) is 6.07 Å². The van der Waals surface area contributed by atoms with Gasteiger partial charge in [-0.15, -0.1) is 0 Å². The van der Waals surface area contributed by atoms with E-state index >= 15 is 0 Å². The summed E-state index contributed by atoms with van der Waals surface area (Å²) in [7, 11) is -3.60. The summed E-state index contributed by atoms with van der Waals surface area (Å²) in [5.41, 5.74) is 0.439. The Kier molecular flexibility index (Phi) is 3.47. The number of sulfone groups is 1. The van der Waals surface area contributed by atoms with Gasteiger partial charge in [0, 0.05) is 10.7 Å². The van der Waals surface area contributed by atoms with E-state index in [9.17, 15) is 12.8 Å². The SMILES string of the molecule is CS(=O)(=O)c1c(F)cc(CC#N)cc1Br. The second-order valence-electron chi connectivity index (χ2n) is 3.00. The molecule has 0 bridgehead atoms. The molecule has 0 saturated heterocycles. The highest BCUT2D eigenvalue weighted by Crippen LogP contribution is 2.26. The summed E-state index contributed by atoms with van der Waals surface area (Å²) >= 11 is 2.98. The topological polar surface area (TPSA) is 57.9 Å². The van der Waals surface area contributed by atoms with E-state index in [-0.39, 0.29) is 15.8 Å². The highest BCUT2D eigenvalue weighted by molar-refractivity contribution is 9.10. The van der Waals surface area contributed by atoms with Gasteiger partial charge < -0.3 is 0 Å². The van der Waals surface area contributed by atoms with Crippen LogP contribution in [0.25, 0.3) is 0 Å². The maximum atomic E-state index is 13.4. The van der Waals surface area contributed by atoms with Crippen molar-refractivity contribution in [2.45, 2.75) is 11.3 Å². The van der Waals surface area contributed by atoms with Crippen LogP contribution in [0, 0.1) is 17.1 Å². The monoisotopic (exact) mass is 291 g/mol. The van der Waals surface area contributed by atoms with Crippen molar-refractivity contribution in [1.29, 1.82) is 5.26 Å². The highest BCUT2D eigenvalue weighted by atomic mass is 79.9. The summed E-state index contributed by atoms with van der Waals surface area (Å²) in [6.45, 7) is 0. The molecule has 0 N–H and O–H groups in total. The fraction of sp³-hybridized carbons (Fsp3) is 0.222. The van der Waals surface area contributed by atoms with Crippen molar-refractivity contribution >= 4 is 25.8 Å². The Balaban J connectivity index is 3.42. The third-order valence-electron chi connectivity index (χ3n) is 1.71. The first-order chi connectivity index (χ1) is 6.86. The normalized spacial score (nSPS) is 11.1. The molecule has 1 aromatic rings. The smallest absolute Gasteiger partial charge is 0.179 e. The van der Waals surface area contributed by atoms with Crippen molar-refractivity contribution in [1.82, 2.24) is 0 Å². The van der Waals surface area contributed by atoms with Crippen molar-refractivity contribution in [3.8, 4) is 6.07 Å². The maximum absolute atomic E-state index is 13.4. The summed E-state index contributed by atoms with van der Waals surface area (Å²) in [6.07, 6.45) is 0.972. The van der Waals surface area contributed by atoms with Crippen LogP contribution < -0.4 is 0 Å². The van der Waals surface area contributed by atoms with Gasteiger partial charge in [-0.2, -0.15) is 5.26 Å². The summed E-state index contributed by atoms with van der Waals surface area (Å²) in [6, 6.07) is 4.35. The van der Waals surface area contributed by atoms with Crippen molar-refractivity contribution < 1.29 is 12.8 Å². The van der Waals surface area contributed by atoms with Crippen LogP contribution in [-0.2, 0) is 16.3 Å². The molecule has 0 aliphatic carbocycles. The lowest BCUT2D eigenvalue weighted by Crippen LogP contribution is -2.03. The number of nitrogens with zero attached hydrogens (tertiary/aromatic N) is 1. The lowest BCUT2D eigenvalue weighted by atomic mass is 10.2. The minimum atomic E-state index is -3.60. The average molecular weight is 292 g/mol. The zero-order chi connectivity index (χ0) is 11.6. The van der Waals surface area contributed by atoms with Gasteiger partial charge >= 0.3 is 0 Å².